The summed E-state index contributed by atoms with van der Waals surface area (Å²) in [6.07, 6.45) is 6.39. The summed E-state index contributed by atoms with van der Waals surface area (Å²) in [5.41, 5.74) is -0.881. The van der Waals surface area contributed by atoms with Gasteiger partial charge in [-0.1, -0.05) is 24.3 Å². The largest absolute Gasteiger partial charge is 0.504 e. The summed E-state index contributed by atoms with van der Waals surface area (Å²) >= 11 is 0. The second-order valence-electron chi connectivity index (χ2n) is 9.00. The topological polar surface area (TPSA) is 145 Å². The van der Waals surface area contributed by atoms with Crippen molar-refractivity contribution >= 4 is 29.7 Å². The van der Waals surface area contributed by atoms with E-state index in [-0.39, 0.29) is 23.0 Å². The van der Waals surface area contributed by atoms with Crippen LogP contribution in [0.1, 0.15) is 24.0 Å². The van der Waals surface area contributed by atoms with Crippen molar-refractivity contribution in [3.05, 3.63) is 59.7 Å². The molecular weight excluding hydrogens is 466 g/mol. The molecule has 0 radical (unpaired) electrons. The number of rotatable bonds is 7. The molecule has 3 aliphatic rings. The zero-order valence-corrected chi connectivity index (χ0v) is 19.6. The van der Waals surface area contributed by atoms with Crippen LogP contribution in [0.5, 0.6) is 23.0 Å². The Morgan fingerprint density at radius 1 is 0.833 bits per heavy atom. The fraction of sp³-hybridized carbons (Fsp3) is 0.296. The van der Waals surface area contributed by atoms with Crippen LogP contribution >= 0.6 is 0 Å². The van der Waals surface area contributed by atoms with Crippen LogP contribution in [0.4, 0.5) is 0 Å². The number of ether oxygens (including phenoxy) is 1. The minimum absolute atomic E-state index is 0.307. The Morgan fingerprint density at radius 3 is 1.72 bits per heavy atom. The third-order valence-corrected chi connectivity index (χ3v) is 7.06. The molecule has 1 atom stereocenters. The Labute approximate surface area is 207 Å². The Morgan fingerprint density at radius 2 is 1.31 bits per heavy atom. The normalized spacial score (nSPS) is 22.6. The number of hydrogen-bond donors (Lipinski definition) is 4. The van der Waals surface area contributed by atoms with Gasteiger partial charge in [-0.15, -0.1) is 0 Å². The Kier molecular flexibility index (Phi) is 6.85. The molecule has 2 bridgehead atoms. The van der Waals surface area contributed by atoms with Crippen molar-refractivity contribution < 1.29 is 39.5 Å². The van der Waals surface area contributed by atoms with Gasteiger partial charge in [0, 0.05) is 0 Å². The van der Waals surface area contributed by atoms with Crippen molar-refractivity contribution in [2.75, 3.05) is 20.2 Å². The smallest absolute Gasteiger partial charge is 0.324 e. The maximum absolute atomic E-state index is 13.9. The van der Waals surface area contributed by atoms with E-state index in [1.54, 1.807) is 0 Å². The van der Waals surface area contributed by atoms with Crippen molar-refractivity contribution in [2.24, 2.45) is 11.3 Å². The molecular formula is C27H27NO8. The van der Waals surface area contributed by atoms with Gasteiger partial charge >= 0.3 is 5.97 Å². The molecule has 9 heteroatoms. The van der Waals surface area contributed by atoms with Crippen LogP contribution in [0.15, 0.2) is 48.6 Å². The fourth-order valence-electron chi connectivity index (χ4n) is 5.27. The second-order valence-corrected chi connectivity index (χ2v) is 9.00. The minimum atomic E-state index is -1.73. The number of ketones is 2. The van der Waals surface area contributed by atoms with Gasteiger partial charge in [0.05, 0.1) is 7.11 Å². The van der Waals surface area contributed by atoms with E-state index in [2.05, 4.69) is 0 Å². The number of allylic oxidation sites excluding steroid dienone is 2. The maximum Gasteiger partial charge on any atom is 0.324 e. The number of methoxy groups -OCH3 is 1. The Hall–Kier alpha value is -4.11. The predicted molar refractivity (Wildman–Crippen MR) is 130 cm³/mol. The Balaban J connectivity index is 1.77. The van der Waals surface area contributed by atoms with E-state index in [4.69, 9.17) is 4.74 Å². The third kappa shape index (κ3) is 4.33. The Bertz CT molecular complexity index is 1180. The van der Waals surface area contributed by atoms with Crippen LogP contribution in [0.25, 0.3) is 12.2 Å². The van der Waals surface area contributed by atoms with Gasteiger partial charge < -0.3 is 25.2 Å². The average Bonchev–Trinajstić information content (AvgIpc) is 2.89. The first-order chi connectivity index (χ1) is 17.2. The highest BCUT2D eigenvalue weighted by Crippen LogP contribution is 2.49. The third-order valence-electron chi connectivity index (χ3n) is 7.06. The monoisotopic (exact) mass is 493 g/mol. The SMILES string of the molecule is COC(=O)C1N2CCC(CC2)C1(C(=O)/C=C/c1ccc(O)c(O)c1)C(=O)/C=C/c1ccc(O)c(O)c1. The molecule has 3 saturated heterocycles. The number of esters is 1. The molecule has 0 spiro atoms. The molecule has 2 aromatic carbocycles. The number of hydrogen-bond acceptors (Lipinski definition) is 9. The van der Waals surface area contributed by atoms with Gasteiger partial charge in [-0.2, -0.15) is 0 Å². The van der Waals surface area contributed by atoms with Gasteiger partial charge in [0.15, 0.2) is 34.6 Å². The quantitative estimate of drug-likeness (QED) is 0.198. The second kappa shape index (κ2) is 9.87. The number of phenols is 4. The summed E-state index contributed by atoms with van der Waals surface area (Å²) < 4.78 is 5.03. The number of aromatic hydroxyl groups is 4. The van der Waals surface area contributed by atoms with Crippen molar-refractivity contribution in [2.45, 2.75) is 18.9 Å². The van der Waals surface area contributed by atoms with Gasteiger partial charge in [0.25, 0.3) is 0 Å². The molecule has 4 N–H and O–H groups in total. The lowest BCUT2D eigenvalue weighted by atomic mass is 9.57. The molecule has 3 aliphatic heterocycles. The predicted octanol–water partition coefficient (Wildman–Crippen LogP) is 2.63. The van der Waals surface area contributed by atoms with Gasteiger partial charge in [0.1, 0.15) is 11.5 Å². The van der Waals surface area contributed by atoms with Gasteiger partial charge in [-0.25, -0.2) is 0 Å². The van der Waals surface area contributed by atoms with Crippen LogP contribution < -0.4 is 0 Å². The molecule has 5 rings (SSSR count). The van der Waals surface area contributed by atoms with Crippen molar-refractivity contribution in [1.82, 2.24) is 4.90 Å². The lowest BCUT2D eigenvalue weighted by Crippen LogP contribution is -2.69. The van der Waals surface area contributed by atoms with Crippen LogP contribution in [0, 0.1) is 11.3 Å². The standard InChI is InChI=1S/C27H27NO8/c1-36-26(35)25-27(18-10-12-28(25)13-11-18,23(33)8-4-16-2-6-19(29)21(31)14-16)24(34)9-5-17-3-7-20(30)22(32)15-17/h2-9,14-15,18,25,29-32H,10-13H2,1H3/b8-4+,9-5+. The van der Waals surface area contributed by atoms with E-state index in [9.17, 15) is 34.8 Å². The molecule has 1 unspecified atom stereocenters. The zero-order valence-electron chi connectivity index (χ0n) is 19.6. The summed E-state index contributed by atoms with van der Waals surface area (Å²) in [5, 5.41) is 38.6. The first-order valence-electron chi connectivity index (χ1n) is 11.5. The van der Waals surface area contributed by atoms with Crippen molar-refractivity contribution in [3.63, 3.8) is 0 Å². The highest BCUT2D eigenvalue weighted by atomic mass is 16.5. The van der Waals surface area contributed by atoms with Crippen molar-refractivity contribution in [3.8, 4) is 23.0 Å². The highest BCUT2D eigenvalue weighted by molar-refractivity contribution is 6.20. The first-order valence-corrected chi connectivity index (χ1v) is 11.5. The van der Waals surface area contributed by atoms with Crippen LogP contribution in [-0.4, -0.2) is 69.1 Å². The molecule has 0 aromatic heterocycles. The highest BCUT2D eigenvalue weighted by Gasteiger charge is 2.64. The zero-order chi connectivity index (χ0) is 26.0. The number of benzene rings is 2. The lowest BCUT2D eigenvalue weighted by Gasteiger charge is -2.54. The van der Waals surface area contributed by atoms with Gasteiger partial charge in [-0.05, 0) is 79.4 Å². The summed E-state index contributed by atoms with van der Waals surface area (Å²) in [5.74, 6) is -3.53. The van der Waals surface area contributed by atoms with E-state index in [1.807, 2.05) is 4.90 Å². The number of carbonyl (C=O) groups is 3. The number of phenolic OH excluding ortho intramolecular Hbond substituents is 4. The number of fused-ring (bicyclic) bond motifs is 3. The molecule has 2 aromatic rings. The molecule has 188 valence electrons. The van der Waals surface area contributed by atoms with Crippen molar-refractivity contribution in [1.29, 1.82) is 0 Å². The van der Waals surface area contributed by atoms with Crippen LogP contribution in [-0.2, 0) is 19.1 Å². The summed E-state index contributed by atoms with van der Waals surface area (Å²) in [6, 6.07) is 7.00. The summed E-state index contributed by atoms with van der Waals surface area (Å²) in [4.78, 5) is 42.5. The average molecular weight is 494 g/mol. The summed E-state index contributed by atoms with van der Waals surface area (Å²) in [6.45, 7) is 1.11. The molecule has 3 heterocycles. The molecule has 0 amide bonds. The van der Waals surface area contributed by atoms with E-state index in [1.165, 1.54) is 67.8 Å². The fourth-order valence-corrected chi connectivity index (χ4v) is 5.27. The molecule has 0 aliphatic carbocycles. The number of piperidine rings is 3. The molecule has 0 saturated carbocycles. The maximum atomic E-state index is 13.9. The van der Waals surface area contributed by atoms with Gasteiger partial charge in [0.2, 0.25) is 0 Å². The van der Waals surface area contributed by atoms with E-state index < -0.39 is 34.9 Å². The molecule has 9 nitrogen and oxygen atoms in total. The number of nitrogens with zero attached hydrogens (tertiary/aromatic N) is 1. The van der Waals surface area contributed by atoms with Crippen LogP contribution in [0.3, 0.4) is 0 Å². The van der Waals surface area contributed by atoms with E-state index >= 15 is 0 Å². The number of carbonyl (C=O) groups excluding carboxylic acids is 3. The van der Waals surface area contributed by atoms with E-state index in [0.29, 0.717) is 37.1 Å². The molecule has 3 fully saturated rings. The van der Waals surface area contributed by atoms with Crippen LogP contribution in [0.2, 0.25) is 0 Å². The minimum Gasteiger partial charge on any atom is -0.504 e. The van der Waals surface area contributed by atoms with Gasteiger partial charge in [-0.3, -0.25) is 19.3 Å². The van der Waals surface area contributed by atoms with E-state index in [0.717, 1.165) is 0 Å². The molecule has 36 heavy (non-hydrogen) atoms. The lowest BCUT2D eigenvalue weighted by molar-refractivity contribution is -0.175. The summed E-state index contributed by atoms with van der Waals surface area (Å²) in [7, 11) is 1.22. The first kappa shape index (κ1) is 25.0.